The molecule has 2 N–H and O–H groups in total. The van der Waals surface area contributed by atoms with E-state index in [1.807, 2.05) is 16.7 Å². The van der Waals surface area contributed by atoms with Crippen LogP contribution in [0.4, 0.5) is 10.3 Å². The number of aromatic nitrogens is 4. The zero-order valence-corrected chi connectivity index (χ0v) is 21.5. The van der Waals surface area contributed by atoms with Gasteiger partial charge in [-0.25, -0.2) is 9.37 Å². The number of hydrogen-bond acceptors (Lipinski definition) is 5. The minimum absolute atomic E-state index is 0.135. The number of imidazole rings is 1. The van der Waals surface area contributed by atoms with Crippen LogP contribution in [0.2, 0.25) is 0 Å². The van der Waals surface area contributed by atoms with Gasteiger partial charge in [-0.1, -0.05) is 6.58 Å². The highest BCUT2D eigenvalue weighted by molar-refractivity contribution is 6.04. The van der Waals surface area contributed by atoms with E-state index in [1.165, 1.54) is 30.3 Å². The quantitative estimate of drug-likeness (QED) is 0.371. The largest absolute Gasteiger partial charge is 0.389 e. The number of likely N-dealkylation sites (tertiary alicyclic amines) is 1. The molecule has 2 aromatic heterocycles. The Labute approximate surface area is 219 Å². The van der Waals surface area contributed by atoms with E-state index in [-0.39, 0.29) is 11.9 Å². The number of amides is 2. The molecule has 38 heavy (non-hydrogen) atoms. The lowest BCUT2D eigenvalue weighted by atomic mass is 10.1. The van der Waals surface area contributed by atoms with Crippen molar-refractivity contribution in [1.82, 2.24) is 24.2 Å². The third-order valence-corrected chi connectivity index (χ3v) is 6.82. The van der Waals surface area contributed by atoms with Gasteiger partial charge in [0.1, 0.15) is 5.82 Å². The van der Waals surface area contributed by atoms with Crippen LogP contribution in [0.5, 0.6) is 0 Å². The van der Waals surface area contributed by atoms with E-state index < -0.39 is 17.3 Å². The number of nitrogens with zero attached hydrogens (tertiary/aromatic N) is 5. The van der Waals surface area contributed by atoms with Gasteiger partial charge in [-0.05, 0) is 75.6 Å². The summed E-state index contributed by atoms with van der Waals surface area (Å²) >= 11 is 0. The number of nitrogens with one attached hydrogen (secondary N) is 1. The van der Waals surface area contributed by atoms with Gasteiger partial charge in [0, 0.05) is 24.0 Å². The van der Waals surface area contributed by atoms with E-state index >= 15 is 0 Å². The molecule has 1 saturated heterocycles. The SMILES string of the molecule is C=CC(=O)N1CCCC[C@@H](n2c(NC(=O)c3ccc(F)cc3)nc3cc4cnn(CC(C)(C)O)c4cc32)C1. The minimum atomic E-state index is -0.963. The maximum Gasteiger partial charge on any atom is 0.257 e. The fourth-order valence-corrected chi connectivity index (χ4v) is 5.05. The van der Waals surface area contributed by atoms with Crippen molar-refractivity contribution in [2.45, 2.75) is 51.3 Å². The van der Waals surface area contributed by atoms with Crippen LogP contribution in [0.15, 0.2) is 55.3 Å². The lowest BCUT2D eigenvalue weighted by Crippen LogP contribution is -2.34. The van der Waals surface area contributed by atoms with E-state index in [2.05, 4.69) is 17.0 Å². The standard InChI is InChI=1S/C28H31FN6O3/c1-4-25(36)33-12-6-5-7-21(16-33)35-24-14-23-19(15-30-34(23)17-28(2,3)38)13-22(24)31-27(35)32-26(37)18-8-10-20(29)11-9-18/h4,8-11,13-15,21,38H,1,5-7,12,16-17H2,2-3H3,(H,31,32,37)/t21-/m1/s1. The second-order valence-corrected chi connectivity index (χ2v) is 10.4. The Morgan fingerprint density at radius 3 is 2.68 bits per heavy atom. The molecule has 4 aromatic rings. The van der Waals surface area contributed by atoms with Crippen molar-refractivity contribution in [3.05, 3.63) is 66.6 Å². The fraction of sp³-hybridized carbons (Fsp3) is 0.357. The third kappa shape index (κ3) is 5.17. The molecule has 198 valence electrons. The number of benzene rings is 2. The Hall–Kier alpha value is -4.05. The number of anilines is 1. The van der Waals surface area contributed by atoms with Crippen molar-refractivity contribution in [3.63, 3.8) is 0 Å². The van der Waals surface area contributed by atoms with Crippen molar-refractivity contribution < 1.29 is 19.1 Å². The second kappa shape index (κ2) is 10.0. The zero-order valence-electron chi connectivity index (χ0n) is 21.5. The van der Waals surface area contributed by atoms with Crippen LogP contribution in [0.3, 0.4) is 0 Å². The average Bonchev–Trinajstić information content (AvgIpc) is 3.30. The predicted molar refractivity (Wildman–Crippen MR) is 143 cm³/mol. The maximum absolute atomic E-state index is 13.4. The summed E-state index contributed by atoms with van der Waals surface area (Å²) in [4.78, 5) is 32.2. The molecule has 1 atom stereocenters. The molecule has 2 aromatic carbocycles. The molecule has 0 bridgehead atoms. The van der Waals surface area contributed by atoms with Crippen molar-refractivity contribution in [3.8, 4) is 0 Å². The van der Waals surface area contributed by atoms with E-state index in [1.54, 1.807) is 29.6 Å². The van der Waals surface area contributed by atoms with Crippen molar-refractivity contribution in [1.29, 1.82) is 0 Å². The summed E-state index contributed by atoms with van der Waals surface area (Å²) in [6, 6.07) is 9.05. The molecule has 9 nitrogen and oxygen atoms in total. The molecule has 5 rings (SSSR count). The molecule has 1 aliphatic rings. The summed E-state index contributed by atoms with van der Waals surface area (Å²) in [6.45, 7) is 8.47. The summed E-state index contributed by atoms with van der Waals surface area (Å²) in [7, 11) is 0. The van der Waals surface area contributed by atoms with Crippen molar-refractivity contribution in [2.24, 2.45) is 0 Å². The molecule has 3 heterocycles. The first kappa shape index (κ1) is 25.6. The number of carbonyl (C=O) groups is 2. The van der Waals surface area contributed by atoms with Gasteiger partial charge in [-0.15, -0.1) is 0 Å². The van der Waals surface area contributed by atoms with Crippen LogP contribution in [0.25, 0.3) is 21.9 Å². The summed E-state index contributed by atoms with van der Waals surface area (Å²) in [5.74, 6) is -0.622. The number of fused-ring (bicyclic) bond motifs is 2. The molecule has 0 unspecified atom stereocenters. The molecule has 1 fully saturated rings. The highest BCUT2D eigenvalue weighted by atomic mass is 19.1. The molecule has 0 radical (unpaired) electrons. The molecule has 0 spiro atoms. The van der Waals surface area contributed by atoms with Crippen LogP contribution in [0.1, 0.15) is 49.5 Å². The summed E-state index contributed by atoms with van der Waals surface area (Å²) in [6.07, 6.45) is 5.60. The van der Waals surface area contributed by atoms with Gasteiger partial charge >= 0.3 is 0 Å². The van der Waals surface area contributed by atoms with Gasteiger partial charge in [0.2, 0.25) is 11.9 Å². The Bertz CT molecular complexity index is 1520. The van der Waals surface area contributed by atoms with Crippen LogP contribution >= 0.6 is 0 Å². The van der Waals surface area contributed by atoms with E-state index in [0.29, 0.717) is 36.7 Å². The Morgan fingerprint density at radius 1 is 1.21 bits per heavy atom. The van der Waals surface area contributed by atoms with Crippen LogP contribution in [-0.4, -0.2) is 59.8 Å². The third-order valence-electron chi connectivity index (χ3n) is 6.82. The zero-order chi connectivity index (χ0) is 27.0. The van der Waals surface area contributed by atoms with E-state index in [9.17, 15) is 19.1 Å². The second-order valence-electron chi connectivity index (χ2n) is 10.4. The van der Waals surface area contributed by atoms with Crippen LogP contribution in [0, 0.1) is 5.82 Å². The summed E-state index contributed by atoms with van der Waals surface area (Å²) in [5, 5.41) is 18.6. The molecule has 0 aliphatic carbocycles. The van der Waals surface area contributed by atoms with Crippen LogP contribution < -0.4 is 5.32 Å². The smallest absolute Gasteiger partial charge is 0.257 e. The normalized spacial score (nSPS) is 16.5. The lowest BCUT2D eigenvalue weighted by molar-refractivity contribution is -0.126. The molecular weight excluding hydrogens is 487 g/mol. The number of halogens is 1. The van der Waals surface area contributed by atoms with Gasteiger partial charge in [-0.3, -0.25) is 19.6 Å². The van der Waals surface area contributed by atoms with Gasteiger partial charge in [0.25, 0.3) is 5.91 Å². The molecule has 10 heteroatoms. The van der Waals surface area contributed by atoms with Gasteiger partial charge < -0.3 is 14.6 Å². The molecular formula is C28H31FN6O3. The van der Waals surface area contributed by atoms with Gasteiger partial charge in [0.05, 0.1) is 40.9 Å². The first-order valence-corrected chi connectivity index (χ1v) is 12.7. The lowest BCUT2D eigenvalue weighted by Gasteiger charge is -2.26. The van der Waals surface area contributed by atoms with Crippen molar-refractivity contribution >= 4 is 39.7 Å². The van der Waals surface area contributed by atoms with E-state index in [4.69, 9.17) is 4.98 Å². The fourth-order valence-electron chi connectivity index (χ4n) is 5.05. The number of rotatable bonds is 6. The first-order chi connectivity index (χ1) is 18.1. The van der Waals surface area contributed by atoms with Gasteiger partial charge in [0.15, 0.2) is 0 Å². The number of aliphatic hydroxyl groups is 1. The molecule has 0 saturated carbocycles. The number of carbonyl (C=O) groups excluding carboxylic acids is 2. The topological polar surface area (TPSA) is 105 Å². The van der Waals surface area contributed by atoms with Gasteiger partial charge in [-0.2, -0.15) is 5.10 Å². The first-order valence-electron chi connectivity index (χ1n) is 12.7. The highest BCUT2D eigenvalue weighted by Gasteiger charge is 2.27. The molecule has 2 amide bonds. The summed E-state index contributed by atoms with van der Waals surface area (Å²) in [5.41, 5.74) is 1.61. The summed E-state index contributed by atoms with van der Waals surface area (Å²) < 4.78 is 17.2. The minimum Gasteiger partial charge on any atom is -0.389 e. The average molecular weight is 519 g/mol. The van der Waals surface area contributed by atoms with Crippen molar-refractivity contribution in [2.75, 3.05) is 18.4 Å². The Morgan fingerprint density at radius 2 is 1.97 bits per heavy atom. The Kier molecular flexibility index (Phi) is 6.75. The Balaban J connectivity index is 1.63. The molecule has 1 aliphatic heterocycles. The van der Waals surface area contributed by atoms with E-state index in [0.717, 1.165) is 35.7 Å². The predicted octanol–water partition coefficient (Wildman–Crippen LogP) is 4.29. The maximum atomic E-state index is 13.4. The monoisotopic (exact) mass is 518 g/mol. The van der Waals surface area contributed by atoms with Crippen LogP contribution in [-0.2, 0) is 11.3 Å². The highest BCUT2D eigenvalue weighted by Crippen LogP contribution is 2.33. The number of hydrogen-bond donors (Lipinski definition) is 2.